The highest BCUT2D eigenvalue weighted by molar-refractivity contribution is 5.92. The molecule has 0 aromatic heterocycles. The predicted octanol–water partition coefficient (Wildman–Crippen LogP) is 1.22. The van der Waals surface area contributed by atoms with E-state index in [4.69, 9.17) is 9.47 Å². The summed E-state index contributed by atoms with van der Waals surface area (Å²) in [5, 5.41) is 11.9. The van der Waals surface area contributed by atoms with E-state index in [1.165, 1.54) is 0 Å². The van der Waals surface area contributed by atoms with Gasteiger partial charge in [-0.2, -0.15) is 0 Å². The number of carbonyl (C=O) groups is 2. The van der Waals surface area contributed by atoms with Gasteiger partial charge in [0.25, 0.3) is 0 Å². The van der Waals surface area contributed by atoms with Gasteiger partial charge >= 0.3 is 12.1 Å². The van der Waals surface area contributed by atoms with Crippen molar-refractivity contribution in [2.24, 2.45) is 11.3 Å². The SMILES string of the molecule is CCOC(=O)[C@]1(NC(=O)OC(C)(C)C)C[C@]12C[C@@H]2CO. The number of alkyl carbamates (subject to hydrolysis) is 1. The van der Waals surface area contributed by atoms with Gasteiger partial charge in [-0.05, 0) is 46.5 Å². The maximum absolute atomic E-state index is 12.2. The molecule has 0 unspecified atom stereocenters. The van der Waals surface area contributed by atoms with E-state index in [2.05, 4.69) is 5.32 Å². The van der Waals surface area contributed by atoms with E-state index < -0.39 is 23.2 Å². The number of nitrogens with one attached hydrogen (secondary N) is 1. The Morgan fingerprint density at radius 2 is 2.05 bits per heavy atom. The number of aliphatic hydroxyl groups is 1. The average molecular weight is 285 g/mol. The lowest BCUT2D eigenvalue weighted by Gasteiger charge is -2.23. The average Bonchev–Trinajstić information content (AvgIpc) is 3.15. The van der Waals surface area contributed by atoms with Crippen LogP contribution in [0.2, 0.25) is 0 Å². The van der Waals surface area contributed by atoms with E-state index in [0.29, 0.717) is 6.42 Å². The molecule has 2 rings (SSSR count). The fourth-order valence-corrected chi connectivity index (χ4v) is 3.02. The van der Waals surface area contributed by atoms with E-state index in [1.54, 1.807) is 27.7 Å². The van der Waals surface area contributed by atoms with Gasteiger partial charge in [0.05, 0.1) is 6.61 Å². The standard InChI is InChI=1S/C14H23NO5/c1-5-19-10(17)14(8-13(14)6-9(13)7-16)15-11(18)20-12(2,3)4/h9,16H,5-8H2,1-4H3,(H,15,18)/t9-,13+,14-/m1/s1. The van der Waals surface area contributed by atoms with Crippen molar-refractivity contribution in [2.45, 2.75) is 51.7 Å². The van der Waals surface area contributed by atoms with E-state index in [9.17, 15) is 14.7 Å². The van der Waals surface area contributed by atoms with Crippen LogP contribution in [0.5, 0.6) is 0 Å². The second kappa shape index (κ2) is 4.62. The summed E-state index contributed by atoms with van der Waals surface area (Å²) >= 11 is 0. The summed E-state index contributed by atoms with van der Waals surface area (Å²) in [5.74, 6) is -0.372. The maximum Gasteiger partial charge on any atom is 0.408 e. The number of aliphatic hydroxyl groups excluding tert-OH is 1. The Hall–Kier alpha value is -1.30. The molecule has 0 aromatic rings. The monoisotopic (exact) mass is 285 g/mol. The first kappa shape index (κ1) is 15.1. The van der Waals surface area contributed by atoms with Crippen LogP contribution < -0.4 is 5.32 Å². The van der Waals surface area contributed by atoms with E-state index >= 15 is 0 Å². The second-order valence-corrected chi connectivity index (χ2v) is 6.67. The Morgan fingerprint density at radius 1 is 1.40 bits per heavy atom. The first-order valence-electron chi connectivity index (χ1n) is 7.00. The van der Waals surface area contributed by atoms with Crippen LogP contribution in [0.1, 0.15) is 40.5 Å². The topological polar surface area (TPSA) is 84.9 Å². The van der Waals surface area contributed by atoms with Crippen LogP contribution in [0.25, 0.3) is 0 Å². The van der Waals surface area contributed by atoms with Crippen molar-refractivity contribution in [3.8, 4) is 0 Å². The molecule has 1 amide bonds. The fourth-order valence-electron chi connectivity index (χ4n) is 3.02. The molecule has 0 heterocycles. The van der Waals surface area contributed by atoms with E-state index in [1.807, 2.05) is 0 Å². The van der Waals surface area contributed by atoms with Crippen molar-refractivity contribution in [3.05, 3.63) is 0 Å². The minimum atomic E-state index is -1.02. The highest BCUT2D eigenvalue weighted by Crippen LogP contribution is 2.76. The van der Waals surface area contributed by atoms with Crippen LogP contribution in [-0.4, -0.2) is 41.5 Å². The molecule has 6 nitrogen and oxygen atoms in total. The second-order valence-electron chi connectivity index (χ2n) is 6.67. The minimum absolute atomic E-state index is 0.0250. The van der Waals surface area contributed by atoms with Crippen LogP contribution in [0.4, 0.5) is 4.79 Å². The quantitative estimate of drug-likeness (QED) is 0.759. The Morgan fingerprint density at radius 3 is 2.50 bits per heavy atom. The molecule has 2 aliphatic rings. The first-order valence-corrected chi connectivity index (χ1v) is 7.00. The number of amides is 1. The van der Waals surface area contributed by atoms with Crippen molar-refractivity contribution < 1.29 is 24.2 Å². The zero-order valence-corrected chi connectivity index (χ0v) is 12.5. The van der Waals surface area contributed by atoms with Gasteiger partial charge in [-0.1, -0.05) is 0 Å². The van der Waals surface area contributed by atoms with Gasteiger partial charge in [-0.15, -0.1) is 0 Å². The zero-order chi connectivity index (χ0) is 15.2. The highest BCUT2D eigenvalue weighted by atomic mass is 16.6. The Labute approximate surface area is 118 Å². The first-order chi connectivity index (χ1) is 9.21. The Balaban J connectivity index is 2.07. The summed E-state index contributed by atoms with van der Waals surface area (Å²) in [6.07, 6.45) is 0.632. The number of esters is 1. The Kier molecular flexibility index (Phi) is 3.48. The van der Waals surface area contributed by atoms with Crippen LogP contribution in [0, 0.1) is 11.3 Å². The van der Waals surface area contributed by atoms with Gasteiger partial charge < -0.3 is 19.9 Å². The maximum atomic E-state index is 12.2. The number of carbonyl (C=O) groups excluding carboxylic acids is 2. The highest BCUT2D eigenvalue weighted by Gasteiger charge is 2.84. The molecule has 2 N–H and O–H groups in total. The van der Waals surface area contributed by atoms with Crippen LogP contribution in [0.3, 0.4) is 0 Å². The summed E-state index contributed by atoms with van der Waals surface area (Å²) in [6, 6.07) is 0. The molecule has 0 radical (unpaired) electrons. The largest absolute Gasteiger partial charge is 0.464 e. The van der Waals surface area contributed by atoms with Gasteiger partial charge in [-0.3, -0.25) is 0 Å². The molecule has 0 aliphatic heterocycles. The van der Waals surface area contributed by atoms with Crippen LogP contribution in [0.15, 0.2) is 0 Å². The lowest BCUT2D eigenvalue weighted by molar-refractivity contribution is -0.147. The van der Waals surface area contributed by atoms with Gasteiger partial charge in [0, 0.05) is 12.0 Å². The molecular formula is C14H23NO5. The third-order valence-corrected chi connectivity index (χ3v) is 4.10. The molecule has 2 saturated carbocycles. The molecule has 0 saturated heterocycles. The van der Waals surface area contributed by atoms with Crippen LogP contribution >= 0.6 is 0 Å². The summed E-state index contributed by atoms with van der Waals surface area (Å²) in [6.45, 7) is 7.30. The third kappa shape index (κ3) is 2.37. The number of hydrogen-bond acceptors (Lipinski definition) is 5. The molecule has 0 bridgehead atoms. The molecular weight excluding hydrogens is 262 g/mol. The van der Waals surface area contributed by atoms with E-state index in [0.717, 1.165) is 6.42 Å². The zero-order valence-electron chi connectivity index (χ0n) is 12.5. The summed E-state index contributed by atoms with van der Waals surface area (Å²) in [4.78, 5) is 24.1. The smallest absolute Gasteiger partial charge is 0.408 e. The van der Waals surface area contributed by atoms with Gasteiger partial charge in [0.1, 0.15) is 11.1 Å². The lowest BCUT2D eigenvalue weighted by Crippen LogP contribution is -2.48. The number of ether oxygens (including phenoxy) is 2. The van der Waals surface area contributed by atoms with Gasteiger partial charge in [0.2, 0.25) is 0 Å². The summed E-state index contributed by atoms with van der Waals surface area (Å²) in [7, 11) is 0. The molecule has 1 spiro atoms. The predicted molar refractivity (Wildman–Crippen MR) is 71.0 cm³/mol. The molecule has 2 aliphatic carbocycles. The minimum Gasteiger partial charge on any atom is -0.464 e. The fraction of sp³-hybridized carbons (Fsp3) is 0.857. The summed E-state index contributed by atoms with van der Waals surface area (Å²) < 4.78 is 10.3. The van der Waals surface area contributed by atoms with Crippen LogP contribution in [-0.2, 0) is 14.3 Å². The molecule has 2 fully saturated rings. The molecule has 0 aromatic carbocycles. The molecule has 20 heavy (non-hydrogen) atoms. The van der Waals surface area contributed by atoms with Crippen molar-refractivity contribution in [1.29, 1.82) is 0 Å². The number of rotatable bonds is 4. The summed E-state index contributed by atoms with van der Waals surface area (Å²) in [5.41, 5.74) is -1.97. The van der Waals surface area contributed by atoms with Gasteiger partial charge in [-0.25, -0.2) is 9.59 Å². The number of hydrogen-bond donors (Lipinski definition) is 2. The molecule has 6 heteroatoms. The molecule has 3 atom stereocenters. The third-order valence-electron chi connectivity index (χ3n) is 4.10. The van der Waals surface area contributed by atoms with Crippen molar-refractivity contribution in [3.63, 3.8) is 0 Å². The normalized spacial score (nSPS) is 34.5. The van der Waals surface area contributed by atoms with E-state index in [-0.39, 0.29) is 24.5 Å². The van der Waals surface area contributed by atoms with Crippen molar-refractivity contribution in [1.82, 2.24) is 5.32 Å². The van der Waals surface area contributed by atoms with Crippen molar-refractivity contribution in [2.75, 3.05) is 13.2 Å². The molecule has 114 valence electrons. The van der Waals surface area contributed by atoms with Crippen molar-refractivity contribution >= 4 is 12.1 Å². The Bertz CT molecular complexity index is 430. The lowest BCUT2D eigenvalue weighted by atomic mass is 10.1. The van der Waals surface area contributed by atoms with Gasteiger partial charge in [0.15, 0.2) is 0 Å².